The van der Waals surface area contributed by atoms with Crippen LogP contribution in [0.15, 0.2) is 29.2 Å². The highest BCUT2D eigenvalue weighted by atomic mass is 35.5. The van der Waals surface area contributed by atoms with Crippen molar-refractivity contribution in [3.63, 3.8) is 0 Å². The lowest BCUT2D eigenvalue weighted by molar-refractivity contribution is 1.03. The number of nitrogens with zero attached hydrogens (tertiary/aromatic N) is 2. The van der Waals surface area contributed by atoms with Gasteiger partial charge in [0.25, 0.3) is 0 Å². The molecule has 0 saturated carbocycles. The molecule has 66 valence electrons. The summed E-state index contributed by atoms with van der Waals surface area (Å²) in [6.07, 6.45) is 2.32. The molecule has 0 fully saturated rings. The summed E-state index contributed by atoms with van der Waals surface area (Å²) >= 11 is 7.42. The molecule has 0 atom stereocenters. The number of halogens is 1. The van der Waals surface area contributed by atoms with E-state index in [-0.39, 0.29) is 0 Å². The molecule has 2 heterocycles. The summed E-state index contributed by atoms with van der Waals surface area (Å²) in [5.74, 6) is 0. The van der Waals surface area contributed by atoms with E-state index < -0.39 is 0 Å². The fraction of sp³-hybridized carbons (Fsp3) is 0.111. The molecule has 0 amide bonds. The molecule has 4 heteroatoms. The van der Waals surface area contributed by atoms with Gasteiger partial charge < -0.3 is 0 Å². The minimum Gasteiger partial charge on any atom is -0.241 e. The van der Waals surface area contributed by atoms with Crippen LogP contribution in [-0.2, 0) is 6.42 Å². The lowest BCUT2D eigenvalue weighted by atomic mass is 10.2. The third kappa shape index (κ3) is 2.26. The van der Waals surface area contributed by atoms with Crippen molar-refractivity contribution in [3.05, 3.63) is 45.6 Å². The van der Waals surface area contributed by atoms with Gasteiger partial charge in [0.2, 0.25) is 0 Å². The van der Waals surface area contributed by atoms with Crippen LogP contribution in [-0.4, -0.2) is 9.97 Å². The Hall–Kier alpha value is -0.930. The average molecular weight is 211 g/mol. The molecule has 2 nitrogen and oxygen atoms in total. The van der Waals surface area contributed by atoms with Gasteiger partial charge in [-0.25, -0.2) is 9.97 Å². The smallest absolute Gasteiger partial charge is 0.132 e. The number of thiophene rings is 1. The number of aromatic nitrogens is 2. The first-order valence-corrected chi connectivity index (χ1v) is 5.14. The highest BCUT2D eigenvalue weighted by molar-refractivity contribution is 7.07. The van der Waals surface area contributed by atoms with Gasteiger partial charge in [0, 0.05) is 12.1 Å². The zero-order valence-corrected chi connectivity index (χ0v) is 8.35. The molecule has 2 rings (SSSR count). The van der Waals surface area contributed by atoms with Crippen molar-refractivity contribution >= 4 is 22.9 Å². The van der Waals surface area contributed by atoms with Crippen LogP contribution < -0.4 is 0 Å². The SMILES string of the molecule is Clc1cc(Cc2ccsc2)ncn1. The second kappa shape index (κ2) is 3.85. The molecule has 13 heavy (non-hydrogen) atoms. The van der Waals surface area contributed by atoms with Gasteiger partial charge in [-0.1, -0.05) is 11.6 Å². The summed E-state index contributed by atoms with van der Waals surface area (Å²) in [4.78, 5) is 7.95. The Bertz CT molecular complexity index is 386. The Morgan fingerprint density at radius 3 is 3.00 bits per heavy atom. The molecule has 0 aliphatic carbocycles. The summed E-state index contributed by atoms with van der Waals surface area (Å²) < 4.78 is 0. The van der Waals surface area contributed by atoms with Crippen molar-refractivity contribution in [2.45, 2.75) is 6.42 Å². The van der Waals surface area contributed by atoms with Gasteiger partial charge in [0.15, 0.2) is 0 Å². The second-order valence-electron chi connectivity index (χ2n) is 2.64. The fourth-order valence-corrected chi connectivity index (χ4v) is 1.91. The maximum absolute atomic E-state index is 5.74. The van der Waals surface area contributed by atoms with E-state index in [1.165, 1.54) is 11.9 Å². The average Bonchev–Trinajstić information content (AvgIpc) is 2.57. The molecule has 0 unspecified atom stereocenters. The van der Waals surface area contributed by atoms with Gasteiger partial charge in [-0.2, -0.15) is 11.3 Å². The number of hydrogen-bond acceptors (Lipinski definition) is 3. The maximum atomic E-state index is 5.74. The summed E-state index contributed by atoms with van der Waals surface area (Å²) in [5.41, 5.74) is 2.22. The van der Waals surface area contributed by atoms with E-state index in [4.69, 9.17) is 11.6 Å². The summed E-state index contributed by atoms with van der Waals surface area (Å²) in [7, 11) is 0. The van der Waals surface area contributed by atoms with Crippen LogP contribution in [0.5, 0.6) is 0 Å². The highest BCUT2D eigenvalue weighted by Gasteiger charge is 1.98. The molecule has 0 aromatic carbocycles. The van der Waals surface area contributed by atoms with Crippen molar-refractivity contribution in [1.82, 2.24) is 9.97 Å². The molecule has 0 aliphatic rings. The topological polar surface area (TPSA) is 25.8 Å². The van der Waals surface area contributed by atoms with Gasteiger partial charge in [-0.15, -0.1) is 0 Å². The lowest BCUT2D eigenvalue weighted by Gasteiger charge is -1.97. The van der Waals surface area contributed by atoms with Crippen LogP contribution in [0.25, 0.3) is 0 Å². The minimum atomic E-state index is 0.500. The van der Waals surface area contributed by atoms with Crippen LogP contribution in [0.4, 0.5) is 0 Å². The van der Waals surface area contributed by atoms with Crippen molar-refractivity contribution in [1.29, 1.82) is 0 Å². The number of rotatable bonds is 2. The molecule has 0 aliphatic heterocycles. The van der Waals surface area contributed by atoms with Crippen LogP contribution in [0, 0.1) is 0 Å². The van der Waals surface area contributed by atoms with E-state index in [0.717, 1.165) is 12.1 Å². The Balaban J connectivity index is 2.19. The summed E-state index contributed by atoms with van der Waals surface area (Å²) in [6, 6.07) is 3.87. The second-order valence-corrected chi connectivity index (χ2v) is 3.81. The van der Waals surface area contributed by atoms with E-state index in [9.17, 15) is 0 Å². The Kier molecular flexibility index (Phi) is 2.57. The standard InChI is InChI=1S/C9H7ClN2S/c10-9-4-8(11-6-12-9)3-7-1-2-13-5-7/h1-2,4-6H,3H2. The summed E-state index contributed by atoms with van der Waals surface area (Å²) in [5, 5.41) is 4.66. The third-order valence-corrected chi connectivity index (χ3v) is 2.59. The normalized spacial score (nSPS) is 10.2. The Labute approximate surface area is 85.2 Å². The molecular weight excluding hydrogens is 204 g/mol. The lowest BCUT2D eigenvalue weighted by Crippen LogP contribution is -1.91. The van der Waals surface area contributed by atoms with Gasteiger partial charge in [0.05, 0.1) is 0 Å². The van der Waals surface area contributed by atoms with Gasteiger partial charge in [0.1, 0.15) is 11.5 Å². The van der Waals surface area contributed by atoms with Gasteiger partial charge in [-0.3, -0.25) is 0 Å². The quantitative estimate of drug-likeness (QED) is 0.713. The maximum Gasteiger partial charge on any atom is 0.132 e. The molecule has 0 N–H and O–H groups in total. The van der Waals surface area contributed by atoms with Crippen molar-refractivity contribution < 1.29 is 0 Å². The van der Waals surface area contributed by atoms with Crippen molar-refractivity contribution in [3.8, 4) is 0 Å². The molecule has 0 radical (unpaired) electrons. The predicted octanol–water partition coefficient (Wildman–Crippen LogP) is 2.78. The Morgan fingerprint density at radius 2 is 2.31 bits per heavy atom. The van der Waals surface area contributed by atoms with Crippen LogP contribution in [0.1, 0.15) is 11.3 Å². The monoisotopic (exact) mass is 210 g/mol. The first kappa shape index (κ1) is 8.66. The van der Waals surface area contributed by atoms with Gasteiger partial charge in [-0.05, 0) is 28.5 Å². The third-order valence-electron chi connectivity index (χ3n) is 1.66. The molecule has 0 spiro atoms. The van der Waals surface area contributed by atoms with E-state index in [1.807, 2.05) is 0 Å². The van der Waals surface area contributed by atoms with Crippen LogP contribution in [0.2, 0.25) is 5.15 Å². The molecule has 0 bridgehead atoms. The van der Waals surface area contributed by atoms with Gasteiger partial charge >= 0.3 is 0 Å². The van der Waals surface area contributed by atoms with E-state index in [0.29, 0.717) is 5.15 Å². The van der Waals surface area contributed by atoms with Crippen molar-refractivity contribution in [2.24, 2.45) is 0 Å². The minimum absolute atomic E-state index is 0.500. The predicted molar refractivity (Wildman–Crippen MR) is 54.2 cm³/mol. The zero-order chi connectivity index (χ0) is 9.10. The molecule has 2 aromatic rings. The van der Waals surface area contributed by atoms with Crippen LogP contribution in [0.3, 0.4) is 0 Å². The first-order chi connectivity index (χ1) is 6.34. The van der Waals surface area contributed by atoms with E-state index in [1.54, 1.807) is 17.4 Å². The molecule has 2 aromatic heterocycles. The van der Waals surface area contributed by atoms with Crippen molar-refractivity contribution in [2.75, 3.05) is 0 Å². The van der Waals surface area contributed by atoms with E-state index in [2.05, 4.69) is 26.8 Å². The van der Waals surface area contributed by atoms with Crippen LogP contribution >= 0.6 is 22.9 Å². The Morgan fingerprint density at radius 1 is 1.38 bits per heavy atom. The van der Waals surface area contributed by atoms with E-state index >= 15 is 0 Å². The highest BCUT2D eigenvalue weighted by Crippen LogP contribution is 2.12. The zero-order valence-electron chi connectivity index (χ0n) is 6.77. The summed E-state index contributed by atoms with van der Waals surface area (Å²) in [6.45, 7) is 0. The molecular formula is C9H7ClN2S. The fourth-order valence-electron chi connectivity index (χ4n) is 1.07. The first-order valence-electron chi connectivity index (χ1n) is 3.82. The largest absolute Gasteiger partial charge is 0.241 e. The molecule has 0 saturated heterocycles. The number of hydrogen-bond donors (Lipinski definition) is 0.